The van der Waals surface area contributed by atoms with Gasteiger partial charge in [0.1, 0.15) is 12.4 Å². The largest absolute Gasteiger partial charge is 0.508 e. The van der Waals surface area contributed by atoms with Crippen LogP contribution in [0.3, 0.4) is 0 Å². The van der Waals surface area contributed by atoms with Crippen molar-refractivity contribution in [3.8, 4) is 5.75 Å². The molecule has 182 valence electrons. The summed E-state index contributed by atoms with van der Waals surface area (Å²) in [6, 6.07) is 21.0. The van der Waals surface area contributed by atoms with Gasteiger partial charge in [0.25, 0.3) is 11.8 Å². The quantitative estimate of drug-likeness (QED) is 0.316. The third kappa shape index (κ3) is 3.94. The number of allylic oxidation sites excluding steroid dienone is 1. The Balaban J connectivity index is 1.27. The number of carbonyl (C=O) groups excluding carboxylic acids is 3. The van der Waals surface area contributed by atoms with Gasteiger partial charge in [-0.3, -0.25) is 14.5 Å². The molecule has 0 unspecified atom stereocenters. The summed E-state index contributed by atoms with van der Waals surface area (Å²) in [5, 5.41) is 10.3. The van der Waals surface area contributed by atoms with Gasteiger partial charge in [0.2, 0.25) is 0 Å². The summed E-state index contributed by atoms with van der Waals surface area (Å²) in [4.78, 5) is 44.6. The zero-order valence-corrected chi connectivity index (χ0v) is 19.8. The number of phenols is 1. The molecular weight excluding hydrogens is 468 g/mol. The number of ether oxygens (including phenoxy) is 1. The van der Waals surface area contributed by atoms with Crippen LogP contribution in [0.25, 0.3) is 22.6 Å². The lowest BCUT2D eigenvalue weighted by molar-refractivity contribution is 0.0421. The highest BCUT2D eigenvalue weighted by Gasteiger charge is 2.35. The summed E-state index contributed by atoms with van der Waals surface area (Å²) in [5.41, 5.74) is 5.42. The number of hydrogen-bond acceptors (Lipinski definition) is 6. The molecule has 1 aromatic heterocycles. The van der Waals surface area contributed by atoms with E-state index < -0.39 is 5.97 Å². The second-order valence-electron chi connectivity index (χ2n) is 9.04. The third-order valence-corrected chi connectivity index (χ3v) is 6.81. The zero-order valence-electron chi connectivity index (χ0n) is 19.8. The Morgan fingerprint density at radius 3 is 2.32 bits per heavy atom. The lowest BCUT2D eigenvalue weighted by Gasteiger charge is -2.15. The number of amides is 2. The Kier molecular flexibility index (Phi) is 5.53. The zero-order chi connectivity index (χ0) is 25.5. The van der Waals surface area contributed by atoms with Crippen molar-refractivity contribution in [2.45, 2.75) is 12.8 Å². The minimum atomic E-state index is -0.502. The van der Waals surface area contributed by atoms with Gasteiger partial charge in [-0.05, 0) is 65.9 Å². The molecule has 2 amide bonds. The van der Waals surface area contributed by atoms with Gasteiger partial charge in [-0.1, -0.05) is 42.5 Å². The topological polar surface area (TPSA) is 96.8 Å². The molecule has 0 saturated heterocycles. The van der Waals surface area contributed by atoms with Gasteiger partial charge < -0.3 is 9.84 Å². The van der Waals surface area contributed by atoms with Crippen molar-refractivity contribution in [1.82, 2.24) is 9.88 Å². The number of esters is 1. The number of hydrogen-bond donors (Lipinski definition) is 1. The van der Waals surface area contributed by atoms with E-state index >= 15 is 0 Å². The minimum absolute atomic E-state index is 0.0186. The maximum absolute atomic E-state index is 13.4. The Morgan fingerprint density at radius 2 is 1.59 bits per heavy atom. The van der Waals surface area contributed by atoms with Crippen LogP contribution in [0.4, 0.5) is 0 Å². The second kappa shape index (κ2) is 9.02. The van der Waals surface area contributed by atoms with Crippen LogP contribution >= 0.6 is 0 Å². The first-order chi connectivity index (χ1) is 18.0. The van der Waals surface area contributed by atoms with Crippen molar-refractivity contribution in [1.29, 1.82) is 0 Å². The number of benzene rings is 3. The molecule has 6 rings (SSSR count). The van der Waals surface area contributed by atoms with Crippen LogP contribution in [-0.4, -0.2) is 45.9 Å². The average molecular weight is 491 g/mol. The maximum Gasteiger partial charge on any atom is 0.339 e. The number of fused-ring (bicyclic) bond motifs is 3. The highest BCUT2D eigenvalue weighted by Crippen LogP contribution is 2.38. The van der Waals surface area contributed by atoms with Crippen LogP contribution in [0, 0.1) is 0 Å². The molecule has 0 bridgehead atoms. The first-order valence-electron chi connectivity index (χ1n) is 12.0. The van der Waals surface area contributed by atoms with E-state index in [1.165, 1.54) is 0 Å². The molecule has 3 aromatic carbocycles. The van der Waals surface area contributed by atoms with Crippen molar-refractivity contribution in [2.75, 3.05) is 13.2 Å². The Morgan fingerprint density at radius 1 is 0.919 bits per heavy atom. The van der Waals surface area contributed by atoms with Crippen LogP contribution in [0.5, 0.6) is 5.75 Å². The number of aromatic hydroxyl groups is 1. The molecular formula is C30H22N2O5. The van der Waals surface area contributed by atoms with E-state index in [1.807, 2.05) is 42.5 Å². The van der Waals surface area contributed by atoms with Crippen molar-refractivity contribution >= 4 is 40.3 Å². The average Bonchev–Trinajstić information content (AvgIpc) is 3.42. The van der Waals surface area contributed by atoms with Crippen LogP contribution in [0.15, 0.2) is 72.8 Å². The molecule has 0 fully saturated rings. The van der Waals surface area contributed by atoms with E-state index in [0.29, 0.717) is 34.0 Å². The van der Waals surface area contributed by atoms with Gasteiger partial charge in [-0.15, -0.1) is 0 Å². The molecule has 37 heavy (non-hydrogen) atoms. The Bertz CT molecular complexity index is 1590. The molecule has 1 aliphatic carbocycles. The summed E-state index contributed by atoms with van der Waals surface area (Å²) >= 11 is 0. The van der Waals surface area contributed by atoms with Gasteiger partial charge in [0.15, 0.2) is 0 Å². The highest BCUT2D eigenvalue weighted by atomic mass is 16.5. The van der Waals surface area contributed by atoms with Crippen LogP contribution in [0.2, 0.25) is 0 Å². The monoisotopic (exact) mass is 490 g/mol. The standard InChI is InChI=1S/C30H22N2O5/c33-20-12-9-18(10-13-20)17-19-11-14-24-26(23-7-3-4-8-25(23)31-27(19)24)30(36)37-16-15-32-28(34)21-5-1-2-6-22(21)29(32)35/h1-10,12-13,17,33H,11,14-16H2. The van der Waals surface area contributed by atoms with Gasteiger partial charge in [-0.25, -0.2) is 9.78 Å². The molecule has 2 heterocycles. The summed E-state index contributed by atoms with van der Waals surface area (Å²) in [6.07, 6.45) is 3.37. The number of carbonyl (C=O) groups is 3. The summed E-state index contributed by atoms with van der Waals surface area (Å²) in [6.45, 7) is -0.124. The molecule has 4 aromatic rings. The molecule has 1 aliphatic heterocycles. The SMILES string of the molecule is O=C(OCCN1C(=O)c2ccccc2C1=O)c1c2c(nc3ccccc13)C(=Cc1ccc(O)cc1)CC2. The van der Waals surface area contributed by atoms with Crippen LogP contribution in [0.1, 0.15) is 54.3 Å². The first-order valence-corrected chi connectivity index (χ1v) is 12.0. The normalized spacial score (nSPS) is 15.4. The lowest BCUT2D eigenvalue weighted by atomic mass is 10.0. The van der Waals surface area contributed by atoms with E-state index in [1.54, 1.807) is 36.4 Å². The fraction of sp³-hybridized carbons (Fsp3) is 0.133. The van der Waals surface area contributed by atoms with Crippen molar-refractivity contribution < 1.29 is 24.2 Å². The Labute approximate surface area is 212 Å². The van der Waals surface area contributed by atoms with Crippen LogP contribution < -0.4 is 0 Å². The maximum atomic E-state index is 13.4. The van der Waals surface area contributed by atoms with E-state index in [9.17, 15) is 19.5 Å². The van der Waals surface area contributed by atoms with Gasteiger partial charge in [0, 0.05) is 5.39 Å². The van der Waals surface area contributed by atoms with Gasteiger partial charge in [-0.2, -0.15) is 0 Å². The molecule has 7 heteroatoms. The molecule has 0 spiro atoms. The number of para-hydroxylation sites is 1. The van der Waals surface area contributed by atoms with E-state index in [4.69, 9.17) is 9.72 Å². The molecule has 1 N–H and O–H groups in total. The van der Waals surface area contributed by atoms with Crippen molar-refractivity contribution in [3.05, 3.63) is 106 Å². The fourth-order valence-corrected chi connectivity index (χ4v) is 5.03. The smallest absolute Gasteiger partial charge is 0.339 e. The fourth-order valence-electron chi connectivity index (χ4n) is 5.03. The number of nitrogens with zero attached hydrogens (tertiary/aromatic N) is 2. The number of rotatable bonds is 5. The van der Waals surface area contributed by atoms with E-state index in [0.717, 1.165) is 33.7 Å². The van der Waals surface area contributed by atoms with Gasteiger partial charge >= 0.3 is 5.97 Å². The van der Waals surface area contributed by atoms with E-state index in [-0.39, 0.29) is 30.7 Å². The second-order valence-corrected chi connectivity index (χ2v) is 9.04. The molecule has 7 nitrogen and oxygen atoms in total. The van der Waals surface area contributed by atoms with Crippen LogP contribution in [-0.2, 0) is 11.2 Å². The number of pyridine rings is 1. The predicted molar refractivity (Wildman–Crippen MR) is 138 cm³/mol. The molecule has 2 aliphatic rings. The van der Waals surface area contributed by atoms with Crippen molar-refractivity contribution in [2.24, 2.45) is 0 Å². The lowest BCUT2D eigenvalue weighted by Crippen LogP contribution is -2.33. The number of imide groups is 1. The number of aromatic nitrogens is 1. The summed E-state index contributed by atoms with van der Waals surface area (Å²) in [7, 11) is 0. The Hall–Kier alpha value is -4.78. The first kappa shape index (κ1) is 22.7. The summed E-state index contributed by atoms with van der Waals surface area (Å²) < 4.78 is 5.63. The molecule has 0 saturated carbocycles. The third-order valence-electron chi connectivity index (χ3n) is 6.81. The predicted octanol–water partition coefficient (Wildman–Crippen LogP) is 4.88. The minimum Gasteiger partial charge on any atom is -0.508 e. The number of phenolic OH excluding ortho intramolecular Hbond substituents is 1. The van der Waals surface area contributed by atoms with E-state index in [2.05, 4.69) is 0 Å². The van der Waals surface area contributed by atoms with Gasteiger partial charge in [0.05, 0.1) is 34.4 Å². The molecule has 0 radical (unpaired) electrons. The molecule has 0 atom stereocenters. The van der Waals surface area contributed by atoms with Crippen molar-refractivity contribution in [3.63, 3.8) is 0 Å². The summed E-state index contributed by atoms with van der Waals surface area (Å²) in [5.74, 6) is -1.06. The highest BCUT2D eigenvalue weighted by molar-refractivity contribution is 6.21.